The second-order valence-electron chi connectivity index (χ2n) is 4.32. The van der Waals surface area contributed by atoms with Crippen molar-refractivity contribution in [1.82, 2.24) is 4.98 Å². The summed E-state index contributed by atoms with van der Waals surface area (Å²) in [6.07, 6.45) is 0. The van der Waals surface area contributed by atoms with Crippen LogP contribution in [0.25, 0.3) is 0 Å². The number of hydrogen-bond donors (Lipinski definition) is 3. The molecule has 0 amide bonds. The molecule has 0 saturated carbocycles. The normalized spacial score (nSPS) is 10.1. The summed E-state index contributed by atoms with van der Waals surface area (Å²) in [5.74, 6) is -0.860. The van der Waals surface area contributed by atoms with Crippen LogP contribution < -0.4 is 11.1 Å². The summed E-state index contributed by atoms with van der Waals surface area (Å²) in [6.45, 7) is 1.67. The molecular formula is C13H12N4O4. The molecule has 0 aliphatic carbocycles. The van der Waals surface area contributed by atoms with E-state index in [0.717, 1.165) is 0 Å². The number of nitrogens with one attached hydrogen (secondary N) is 1. The van der Waals surface area contributed by atoms with Crippen molar-refractivity contribution in [3.05, 3.63) is 51.6 Å². The van der Waals surface area contributed by atoms with E-state index in [2.05, 4.69) is 10.3 Å². The fraction of sp³-hybridized carbons (Fsp3) is 0.0769. The molecular weight excluding hydrogens is 276 g/mol. The van der Waals surface area contributed by atoms with E-state index in [4.69, 9.17) is 10.8 Å². The lowest BCUT2D eigenvalue weighted by Gasteiger charge is -2.08. The zero-order chi connectivity index (χ0) is 15.6. The van der Waals surface area contributed by atoms with Crippen molar-refractivity contribution in [1.29, 1.82) is 0 Å². The second-order valence-corrected chi connectivity index (χ2v) is 4.32. The number of benzene rings is 1. The van der Waals surface area contributed by atoms with Gasteiger partial charge in [0.25, 0.3) is 0 Å². The molecule has 1 heterocycles. The second kappa shape index (κ2) is 5.45. The first-order valence-electron chi connectivity index (χ1n) is 5.90. The molecule has 2 aromatic rings. The number of aryl methyl sites for hydroxylation is 1. The van der Waals surface area contributed by atoms with Gasteiger partial charge in [-0.2, -0.15) is 0 Å². The van der Waals surface area contributed by atoms with Crippen LogP contribution in [-0.2, 0) is 0 Å². The molecule has 0 fully saturated rings. The minimum Gasteiger partial charge on any atom is -0.478 e. The number of carboxylic acid groups (broad SMARTS) is 1. The van der Waals surface area contributed by atoms with Crippen molar-refractivity contribution >= 4 is 29.0 Å². The molecule has 0 aliphatic heterocycles. The maximum atomic E-state index is 10.9. The summed E-state index contributed by atoms with van der Waals surface area (Å²) in [4.78, 5) is 24.8. The molecule has 0 bridgehead atoms. The van der Waals surface area contributed by atoms with Crippen LogP contribution in [0, 0.1) is 17.0 Å². The van der Waals surface area contributed by atoms with Crippen molar-refractivity contribution in [3.63, 3.8) is 0 Å². The van der Waals surface area contributed by atoms with Crippen LogP contribution in [0.1, 0.15) is 15.9 Å². The number of nitro groups is 1. The van der Waals surface area contributed by atoms with Crippen LogP contribution in [0.4, 0.5) is 23.0 Å². The number of nitrogens with two attached hydrogens (primary N) is 1. The van der Waals surface area contributed by atoms with Crippen LogP contribution in [0.5, 0.6) is 0 Å². The number of anilines is 3. The maximum absolute atomic E-state index is 10.9. The first-order valence-corrected chi connectivity index (χ1v) is 5.90. The molecule has 8 nitrogen and oxygen atoms in total. The van der Waals surface area contributed by atoms with Crippen molar-refractivity contribution in [3.8, 4) is 0 Å². The molecule has 21 heavy (non-hydrogen) atoms. The quantitative estimate of drug-likeness (QED) is 0.581. The van der Waals surface area contributed by atoms with Crippen LogP contribution in [0.2, 0.25) is 0 Å². The molecule has 4 N–H and O–H groups in total. The third-order valence-electron chi connectivity index (χ3n) is 2.83. The number of rotatable bonds is 4. The third-order valence-corrected chi connectivity index (χ3v) is 2.83. The zero-order valence-corrected chi connectivity index (χ0v) is 11.0. The van der Waals surface area contributed by atoms with Gasteiger partial charge in [-0.25, -0.2) is 9.78 Å². The highest BCUT2D eigenvalue weighted by molar-refractivity contribution is 5.90. The van der Waals surface area contributed by atoms with Crippen molar-refractivity contribution in [2.75, 3.05) is 11.1 Å². The van der Waals surface area contributed by atoms with Gasteiger partial charge in [0.1, 0.15) is 5.82 Å². The molecule has 0 unspecified atom stereocenters. The zero-order valence-electron chi connectivity index (χ0n) is 11.0. The van der Waals surface area contributed by atoms with E-state index in [1.165, 1.54) is 18.2 Å². The predicted octanol–water partition coefficient (Wildman–Crippen LogP) is 2.32. The molecule has 1 aromatic carbocycles. The van der Waals surface area contributed by atoms with Crippen molar-refractivity contribution in [2.24, 2.45) is 0 Å². The average molecular weight is 288 g/mol. The van der Waals surface area contributed by atoms with Gasteiger partial charge in [-0.05, 0) is 36.8 Å². The van der Waals surface area contributed by atoms with Gasteiger partial charge in [-0.15, -0.1) is 0 Å². The average Bonchev–Trinajstić information content (AvgIpc) is 2.37. The van der Waals surface area contributed by atoms with E-state index in [1.807, 2.05) is 0 Å². The monoisotopic (exact) mass is 288 g/mol. The standard InChI is InChI=1S/C13H12N4O4/c1-7-6-8(2-3-9(7)13(18)19)15-11-5-4-10(17(20)21)12(14)16-11/h2-6H,1H3,(H,18,19)(H3,14,15,16). The SMILES string of the molecule is Cc1cc(Nc2ccc([N+](=O)[O-])c(N)n2)ccc1C(=O)O. The number of aromatic carboxylic acids is 1. The fourth-order valence-electron chi connectivity index (χ4n) is 1.82. The maximum Gasteiger partial charge on any atom is 0.335 e. The van der Waals surface area contributed by atoms with Crippen molar-refractivity contribution < 1.29 is 14.8 Å². The number of nitrogen functional groups attached to an aromatic ring is 1. The molecule has 0 saturated heterocycles. The van der Waals surface area contributed by atoms with E-state index < -0.39 is 10.9 Å². The van der Waals surface area contributed by atoms with E-state index in [-0.39, 0.29) is 17.1 Å². The highest BCUT2D eigenvalue weighted by atomic mass is 16.6. The van der Waals surface area contributed by atoms with Crippen LogP contribution in [0.3, 0.4) is 0 Å². The highest BCUT2D eigenvalue weighted by Gasteiger charge is 2.13. The number of pyridine rings is 1. The largest absolute Gasteiger partial charge is 0.478 e. The van der Waals surface area contributed by atoms with Crippen LogP contribution in [0.15, 0.2) is 30.3 Å². The molecule has 1 aromatic heterocycles. The molecule has 0 spiro atoms. The molecule has 0 atom stereocenters. The van der Waals surface area contributed by atoms with Crippen LogP contribution >= 0.6 is 0 Å². The van der Waals surface area contributed by atoms with Gasteiger partial charge in [-0.1, -0.05) is 0 Å². The topological polar surface area (TPSA) is 131 Å². The summed E-state index contributed by atoms with van der Waals surface area (Å²) < 4.78 is 0. The van der Waals surface area contributed by atoms with Crippen LogP contribution in [-0.4, -0.2) is 21.0 Å². The Morgan fingerprint density at radius 1 is 1.38 bits per heavy atom. The smallest absolute Gasteiger partial charge is 0.335 e. The first kappa shape index (κ1) is 14.3. The van der Waals surface area contributed by atoms with Crippen molar-refractivity contribution in [2.45, 2.75) is 6.92 Å². The van der Waals surface area contributed by atoms with Gasteiger partial charge in [0.05, 0.1) is 10.5 Å². The summed E-state index contributed by atoms with van der Waals surface area (Å²) in [5, 5.41) is 22.5. The minimum absolute atomic E-state index is 0.191. The lowest BCUT2D eigenvalue weighted by Crippen LogP contribution is -2.03. The lowest BCUT2D eigenvalue weighted by molar-refractivity contribution is -0.384. The van der Waals surface area contributed by atoms with Gasteiger partial charge >= 0.3 is 11.7 Å². The van der Waals surface area contributed by atoms with E-state index in [0.29, 0.717) is 17.1 Å². The molecule has 2 rings (SSSR count). The summed E-state index contributed by atoms with van der Waals surface area (Å²) in [7, 11) is 0. The predicted molar refractivity (Wildman–Crippen MR) is 76.7 cm³/mol. The van der Waals surface area contributed by atoms with E-state index >= 15 is 0 Å². The Morgan fingerprint density at radius 3 is 2.62 bits per heavy atom. The van der Waals surface area contributed by atoms with Gasteiger partial charge in [0, 0.05) is 11.8 Å². The Bertz CT molecular complexity index is 669. The number of aromatic nitrogens is 1. The molecule has 0 radical (unpaired) electrons. The first-order chi connectivity index (χ1) is 9.88. The number of hydrogen-bond acceptors (Lipinski definition) is 6. The Kier molecular flexibility index (Phi) is 3.70. The Labute approximate surface area is 119 Å². The van der Waals surface area contributed by atoms with Gasteiger partial charge in [0.15, 0.2) is 0 Å². The highest BCUT2D eigenvalue weighted by Crippen LogP contribution is 2.24. The van der Waals surface area contributed by atoms with E-state index in [9.17, 15) is 14.9 Å². The molecule has 0 aliphatic rings. The fourth-order valence-corrected chi connectivity index (χ4v) is 1.82. The Hall–Kier alpha value is -3.16. The lowest BCUT2D eigenvalue weighted by atomic mass is 10.1. The molecule has 8 heteroatoms. The Morgan fingerprint density at radius 2 is 2.10 bits per heavy atom. The summed E-state index contributed by atoms with van der Waals surface area (Å²) >= 11 is 0. The van der Waals surface area contributed by atoms with Gasteiger partial charge in [-0.3, -0.25) is 10.1 Å². The number of carboxylic acids is 1. The summed E-state index contributed by atoms with van der Waals surface area (Å²) in [6, 6.07) is 7.37. The van der Waals surface area contributed by atoms with Gasteiger partial charge < -0.3 is 16.2 Å². The third kappa shape index (κ3) is 3.06. The van der Waals surface area contributed by atoms with E-state index in [1.54, 1.807) is 19.1 Å². The summed E-state index contributed by atoms with van der Waals surface area (Å²) in [5.41, 5.74) is 6.63. The minimum atomic E-state index is -1.00. The Balaban J connectivity index is 2.26. The number of carbonyl (C=O) groups is 1. The van der Waals surface area contributed by atoms with Gasteiger partial charge in [0.2, 0.25) is 5.82 Å². The number of nitrogens with zero attached hydrogens (tertiary/aromatic N) is 2. The molecule has 108 valence electrons.